The van der Waals surface area contributed by atoms with Crippen LogP contribution in [-0.2, 0) is 0 Å². The van der Waals surface area contributed by atoms with Crippen molar-refractivity contribution in [3.8, 4) is 6.07 Å². The van der Waals surface area contributed by atoms with Crippen molar-refractivity contribution in [3.05, 3.63) is 40.4 Å². The third-order valence-electron chi connectivity index (χ3n) is 1.61. The molecule has 0 saturated carbocycles. The maximum absolute atomic E-state index is 8.62. The van der Waals surface area contributed by atoms with E-state index in [4.69, 9.17) is 28.5 Å². The van der Waals surface area contributed by atoms with Crippen LogP contribution in [0.1, 0.15) is 12.5 Å². The van der Waals surface area contributed by atoms with Crippen LogP contribution >= 0.6 is 23.2 Å². The Morgan fingerprint density at radius 3 is 2.54 bits per heavy atom. The van der Waals surface area contributed by atoms with Crippen LogP contribution in [0.4, 0.5) is 0 Å². The van der Waals surface area contributed by atoms with Gasteiger partial charge < -0.3 is 0 Å². The molecule has 1 nitrogen and oxygen atoms in total. The highest BCUT2D eigenvalue weighted by atomic mass is 35.5. The Labute approximate surface area is 87.2 Å². The molecule has 0 amide bonds. The minimum atomic E-state index is 0.410. The fourth-order valence-corrected chi connectivity index (χ4v) is 1.38. The van der Waals surface area contributed by atoms with Gasteiger partial charge in [0.1, 0.15) is 0 Å². The summed E-state index contributed by atoms with van der Waals surface area (Å²) in [6.07, 6.45) is 0. The second-order valence-corrected chi connectivity index (χ2v) is 3.32. The van der Waals surface area contributed by atoms with E-state index in [1.807, 2.05) is 18.2 Å². The maximum Gasteiger partial charge on any atom is 0.0959 e. The molecule has 0 saturated heterocycles. The van der Waals surface area contributed by atoms with E-state index in [0.29, 0.717) is 21.2 Å². The van der Waals surface area contributed by atoms with Gasteiger partial charge >= 0.3 is 0 Å². The summed E-state index contributed by atoms with van der Waals surface area (Å²) in [5.74, 6) is 0. The fraction of sp³-hybridized carbons (Fsp3) is 0.100. The van der Waals surface area contributed by atoms with Crippen LogP contribution in [0.2, 0.25) is 5.02 Å². The van der Waals surface area contributed by atoms with Gasteiger partial charge in [-0.25, -0.2) is 0 Å². The Morgan fingerprint density at radius 1 is 1.38 bits per heavy atom. The lowest BCUT2D eigenvalue weighted by atomic mass is 10.1. The molecule has 66 valence electrons. The molecule has 0 aliphatic carbocycles. The average molecular weight is 212 g/mol. The van der Waals surface area contributed by atoms with Crippen LogP contribution in [0.3, 0.4) is 0 Å². The molecule has 0 aromatic heterocycles. The lowest BCUT2D eigenvalue weighted by Gasteiger charge is -2.02. The third kappa shape index (κ3) is 2.24. The van der Waals surface area contributed by atoms with E-state index in [9.17, 15) is 0 Å². The summed E-state index contributed by atoms with van der Waals surface area (Å²) in [7, 11) is 0. The number of halogens is 2. The van der Waals surface area contributed by atoms with Crippen molar-refractivity contribution in [1.82, 2.24) is 0 Å². The van der Waals surface area contributed by atoms with E-state index in [0.717, 1.165) is 0 Å². The molecule has 0 bridgehead atoms. The molecule has 1 rings (SSSR count). The Kier molecular flexibility index (Phi) is 3.36. The summed E-state index contributed by atoms with van der Waals surface area (Å²) in [6.45, 7) is 1.66. The van der Waals surface area contributed by atoms with Gasteiger partial charge in [-0.1, -0.05) is 41.4 Å². The van der Waals surface area contributed by atoms with Crippen LogP contribution in [0.5, 0.6) is 0 Å². The van der Waals surface area contributed by atoms with E-state index in [1.165, 1.54) is 0 Å². The topological polar surface area (TPSA) is 23.8 Å². The zero-order valence-electron chi connectivity index (χ0n) is 7.01. The molecule has 3 heteroatoms. The van der Waals surface area contributed by atoms with E-state index in [-0.39, 0.29) is 0 Å². The first-order valence-electron chi connectivity index (χ1n) is 3.68. The van der Waals surface area contributed by atoms with Gasteiger partial charge in [-0.15, -0.1) is 0 Å². The highest BCUT2D eigenvalue weighted by molar-refractivity contribution is 6.51. The SMILES string of the molecule is CC(C#N)=C(Cl)c1ccccc1Cl. The van der Waals surface area contributed by atoms with Gasteiger partial charge in [-0.2, -0.15) is 5.26 Å². The number of nitriles is 1. The molecule has 0 atom stereocenters. The maximum atomic E-state index is 8.62. The minimum absolute atomic E-state index is 0.410. The minimum Gasteiger partial charge on any atom is -0.193 e. The Balaban J connectivity index is 3.26. The molecule has 0 spiro atoms. The standard InChI is InChI=1S/C10H7Cl2N/c1-7(6-13)10(12)8-4-2-3-5-9(8)11/h2-5H,1H3. The van der Waals surface area contributed by atoms with Gasteiger partial charge in [0.25, 0.3) is 0 Å². The summed E-state index contributed by atoms with van der Waals surface area (Å²) >= 11 is 11.8. The molecule has 1 aromatic rings. The highest BCUT2D eigenvalue weighted by Crippen LogP contribution is 2.28. The molecule has 0 N–H and O–H groups in total. The number of hydrogen-bond donors (Lipinski definition) is 0. The van der Waals surface area contributed by atoms with Crippen molar-refractivity contribution in [2.45, 2.75) is 6.92 Å². The molecule has 1 aromatic carbocycles. The van der Waals surface area contributed by atoms with Crippen LogP contribution in [-0.4, -0.2) is 0 Å². The predicted molar refractivity (Wildman–Crippen MR) is 55.5 cm³/mol. The van der Waals surface area contributed by atoms with Crippen LogP contribution in [0, 0.1) is 11.3 Å². The monoisotopic (exact) mass is 211 g/mol. The molecular weight excluding hydrogens is 205 g/mol. The van der Waals surface area contributed by atoms with Crippen LogP contribution < -0.4 is 0 Å². The number of rotatable bonds is 1. The fourth-order valence-electron chi connectivity index (χ4n) is 0.890. The van der Waals surface area contributed by atoms with Crippen molar-refractivity contribution >= 4 is 28.2 Å². The summed E-state index contributed by atoms with van der Waals surface area (Å²) in [6, 6.07) is 9.15. The molecule has 0 heterocycles. The summed E-state index contributed by atoms with van der Waals surface area (Å²) in [4.78, 5) is 0. The van der Waals surface area contributed by atoms with Crippen molar-refractivity contribution in [2.24, 2.45) is 0 Å². The molecule has 0 aliphatic rings. The second kappa shape index (κ2) is 4.32. The third-order valence-corrected chi connectivity index (χ3v) is 2.42. The molecule has 0 fully saturated rings. The number of allylic oxidation sites excluding steroid dienone is 1. The first-order valence-corrected chi connectivity index (χ1v) is 4.43. The van der Waals surface area contributed by atoms with E-state index < -0.39 is 0 Å². The van der Waals surface area contributed by atoms with Gasteiger partial charge in [0.05, 0.1) is 11.1 Å². The normalized spacial score (nSPS) is 11.8. The largest absolute Gasteiger partial charge is 0.193 e. The van der Waals surface area contributed by atoms with Crippen molar-refractivity contribution < 1.29 is 0 Å². The van der Waals surface area contributed by atoms with Crippen molar-refractivity contribution in [1.29, 1.82) is 5.26 Å². The van der Waals surface area contributed by atoms with Gasteiger partial charge in [-0.3, -0.25) is 0 Å². The van der Waals surface area contributed by atoms with Gasteiger partial charge in [0.15, 0.2) is 0 Å². The van der Waals surface area contributed by atoms with Crippen molar-refractivity contribution in [3.63, 3.8) is 0 Å². The lowest BCUT2D eigenvalue weighted by molar-refractivity contribution is 1.45. The predicted octanol–water partition coefficient (Wildman–Crippen LogP) is 3.83. The molecular formula is C10H7Cl2N. The smallest absolute Gasteiger partial charge is 0.0959 e. The van der Waals surface area contributed by atoms with E-state index in [2.05, 4.69) is 0 Å². The molecule has 13 heavy (non-hydrogen) atoms. The zero-order chi connectivity index (χ0) is 9.84. The quantitative estimate of drug-likeness (QED) is 0.649. The Morgan fingerprint density at radius 2 is 2.00 bits per heavy atom. The highest BCUT2D eigenvalue weighted by Gasteiger charge is 2.05. The first-order chi connectivity index (χ1) is 6.16. The average Bonchev–Trinajstić information content (AvgIpc) is 2.16. The molecule has 0 unspecified atom stereocenters. The van der Waals surface area contributed by atoms with Gasteiger partial charge in [-0.05, 0) is 13.0 Å². The summed E-state index contributed by atoms with van der Waals surface area (Å²) in [5, 5.41) is 9.59. The number of hydrogen-bond acceptors (Lipinski definition) is 1. The number of nitrogens with zero attached hydrogens (tertiary/aromatic N) is 1. The summed E-state index contributed by atoms with van der Waals surface area (Å²) < 4.78 is 0. The lowest BCUT2D eigenvalue weighted by Crippen LogP contribution is -1.81. The van der Waals surface area contributed by atoms with Crippen LogP contribution in [0.25, 0.3) is 5.03 Å². The zero-order valence-corrected chi connectivity index (χ0v) is 8.52. The van der Waals surface area contributed by atoms with E-state index >= 15 is 0 Å². The van der Waals surface area contributed by atoms with Crippen LogP contribution in [0.15, 0.2) is 29.8 Å². The summed E-state index contributed by atoms with van der Waals surface area (Å²) in [5.41, 5.74) is 1.17. The Hall–Kier alpha value is -0.970. The second-order valence-electron chi connectivity index (χ2n) is 2.53. The van der Waals surface area contributed by atoms with Gasteiger partial charge in [0, 0.05) is 16.2 Å². The van der Waals surface area contributed by atoms with Gasteiger partial charge in [0.2, 0.25) is 0 Å². The molecule has 0 radical (unpaired) electrons. The van der Waals surface area contributed by atoms with E-state index in [1.54, 1.807) is 19.1 Å². The number of benzene rings is 1. The first kappa shape index (κ1) is 10.1. The Bertz CT molecular complexity index is 388. The molecule has 0 aliphatic heterocycles. The van der Waals surface area contributed by atoms with Crippen molar-refractivity contribution in [2.75, 3.05) is 0 Å².